The zero-order valence-corrected chi connectivity index (χ0v) is 12.6. The van der Waals surface area contributed by atoms with Gasteiger partial charge in [-0.2, -0.15) is 9.37 Å². The summed E-state index contributed by atoms with van der Waals surface area (Å²) in [6, 6.07) is 7.42. The topological polar surface area (TPSA) is 35.0 Å². The number of nitrogens with zero attached hydrogens (tertiary/aromatic N) is 2. The van der Waals surface area contributed by atoms with Gasteiger partial charge in [0.05, 0.1) is 6.61 Å². The molecule has 1 aromatic carbocycles. The molecule has 0 aliphatic heterocycles. The van der Waals surface area contributed by atoms with E-state index in [1.807, 2.05) is 24.3 Å². The summed E-state index contributed by atoms with van der Waals surface area (Å²) in [5.74, 6) is 0.801. The predicted octanol–water partition coefficient (Wildman–Crippen LogP) is 4.41. The first-order valence-electron chi connectivity index (χ1n) is 7.49. The van der Waals surface area contributed by atoms with E-state index in [0.29, 0.717) is 24.4 Å². The highest BCUT2D eigenvalue weighted by atomic mass is 19.1. The fourth-order valence-electron chi connectivity index (χ4n) is 1.98. The Morgan fingerprint density at radius 1 is 1.10 bits per heavy atom. The fourth-order valence-corrected chi connectivity index (χ4v) is 1.98. The molecule has 21 heavy (non-hydrogen) atoms. The number of aryl methyl sites for hydroxylation is 1. The van der Waals surface area contributed by atoms with Crippen molar-refractivity contribution >= 4 is 0 Å². The van der Waals surface area contributed by atoms with Crippen LogP contribution in [0, 0.1) is 5.95 Å². The van der Waals surface area contributed by atoms with Crippen LogP contribution < -0.4 is 4.74 Å². The van der Waals surface area contributed by atoms with Gasteiger partial charge >= 0.3 is 0 Å². The van der Waals surface area contributed by atoms with Gasteiger partial charge in [0.15, 0.2) is 5.82 Å². The highest BCUT2D eigenvalue weighted by Crippen LogP contribution is 2.20. The third-order valence-corrected chi connectivity index (χ3v) is 3.20. The Bertz CT molecular complexity index is 570. The largest absolute Gasteiger partial charge is 0.494 e. The Hall–Kier alpha value is -1.97. The molecule has 0 N–H and O–H groups in total. The van der Waals surface area contributed by atoms with Gasteiger partial charge < -0.3 is 4.74 Å². The van der Waals surface area contributed by atoms with Crippen LogP contribution in [0.3, 0.4) is 0 Å². The molecule has 112 valence electrons. The predicted molar refractivity (Wildman–Crippen MR) is 81.8 cm³/mol. The first-order valence-corrected chi connectivity index (χ1v) is 7.49. The van der Waals surface area contributed by atoms with E-state index in [1.165, 1.54) is 0 Å². The molecule has 0 saturated carbocycles. The summed E-state index contributed by atoms with van der Waals surface area (Å²) in [5, 5.41) is 0. The van der Waals surface area contributed by atoms with Crippen LogP contribution in [0.5, 0.6) is 5.75 Å². The molecule has 0 radical (unpaired) electrons. The SMILES string of the molecule is CCCCc1cnc(-c2ccc(OCCC)cc2)nc1F. The van der Waals surface area contributed by atoms with Crippen molar-refractivity contribution in [1.29, 1.82) is 0 Å². The molecular weight excluding hydrogens is 267 g/mol. The summed E-state index contributed by atoms with van der Waals surface area (Å²) in [5.41, 5.74) is 1.38. The van der Waals surface area contributed by atoms with E-state index in [4.69, 9.17) is 4.74 Å². The lowest BCUT2D eigenvalue weighted by molar-refractivity contribution is 0.317. The van der Waals surface area contributed by atoms with Crippen molar-refractivity contribution in [3.63, 3.8) is 0 Å². The molecule has 0 amide bonds. The van der Waals surface area contributed by atoms with Gasteiger partial charge in [-0.1, -0.05) is 20.3 Å². The maximum absolute atomic E-state index is 13.9. The molecule has 2 rings (SSSR count). The molecule has 0 saturated heterocycles. The minimum Gasteiger partial charge on any atom is -0.494 e. The third-order valence-electron chi connectivity index (χ3n) is 3.20. The lowest BCUT2D eigenvalue weighted by Gasteiger charge is -2.06. The summed E-state index contributed by atoms with van der Waals surface area (Å²) >= 11 is 0. The van der Waals surface area contributed by atoms with Crippen molar-refractivity contribution in [3.05, 3.63) is 42.0 Å². The standard InChI is InChI=1S/C17H21FN2O/c1-3-5-6-14-12-19-17(20-16(14)18)13-7-9-15(10-8-13)21-11-4-2/h7-10,12H,3-6,11H2,1-2H3. The number of aromatic nitrogens is 2. The van der Waals surface area contributed by atoms with E-state index in [1.54, 1.807) is 6.20 Å². The minimum absolute atomic E-state index is 0.412. The molecule has 1 aromatic heterocycles. The smallest absolute Gasteiger partial charge is 0.219 e. The molecule has 1 heterocycles. The van der Waals surface area contributed by atoms with Crippen LogP contribution >= 0.6 is 0 Å². The highest BCUT2D eigenvalue weighted by molar-refractivity contribution is 5.56. The van der Waals surface area contributed by atoms with Gasteiger partial charge in [-0.3, -0.25) is 0 Å². The van der Waals surface area contributed by atoms with E-state index in [9.17, 15) is 4.39 Å². The molecule has 0 atom stereocenters. The van der Waals surface area contributed by atoms with Crippen molar-refractivity contribution < 1.29 is 9.13 Å². The minimum atomic E-state index is -0.417. The Labute approximate surface area is 125 Å². The van der Waals surface area contributed by atoms with E-state index >= 15 is 0 Å². The maximum Gasteiger partial charge on any atom is 0.219 e. The van der Waals surface area contributed by atoms with Crippen molar-refractivity contribution in [2.45, 2.75) is 39.5 Å². The van der Waals surface area contributed by atoms with Gasteiger partial charge in [0.2, 0.25) is 5.95 Å². The molecule has 0 aliphatic carbocycles. The zero-order chi connectivity index (χ0) is 15.1. The molecule has 0 spiro atoms. The van der Waals surface area contributed by atoms with E-state index in [2.05, 4.69) is 23.8 Å². The van der Waals surface area contributed by atoms with Crippen molar-refractivity contribution in [2.24, 2.45) is 0 Å². The molecule has 0 bridgehead atoms. The summed E-state index contributed by atoms with van der Waals surface area (Å²) in [6.07, 6.45) is 5.22. The molecule has 3 nitrogen and oxygen atoms in total. The van der Waals surface area contributed by atoms with Crippen molar-refractivity contribution in [3.8, 4) is 17.1 Å². The van der Waals surface area contributed by atoms with Gasteiger partial charge in [-0.05, 0) is 43.5 Å². The van der Waals surface area contributed by atoms with Crippen LogP contribution in [-0.2, 0) is 6.42 Å². The fraction of sp³-hybridized carbons (Fsp3) is 0.412. The lowest BCUT2D eigenvalue weighted by Crippen LogP contribution is -1.99. The summed E-state index contributed by atoms with van der Waals surface area (Å²) in [6.45, 7) is 4.83. The van der Waals surface area contributed by atoms with Crippen molar-refractivity contribution in [2.75, 3.05) is 6.61 Å². The molecular formula is C17H21FN2O. The first kappa shape index (κ1) is 15.4. The average molecular weight is 288 g/mol. The normalized spacial score (nSPS) is 10.6. The Morgan fingerprint density at radius 3 is 2.48 bits per heavy atom. The Balaban J connectivity index is 2.12. The Kier molecular flexibility index (Phi) is 5.67. The Morgan fingerprint density at radius 2 is 1.86 bits per heavy atom. The molecule has 0 unspecified atom stereocenters. The first-order chi connectivity index (χ1) is 10.2. The summed E-state index contributed by atoms with van der Waals surface area (Å²) in [7, 11) is 0. The number of halogens is 1. The van der Waals surface area contributed by atoms with Crippen LogP contribution in [0.25, 0.3) is 11.4 Å². The number of hydrogen-bond acceptors (Lipinski definition) is 3. The third kappa shape index (κ3) is 4.25. The van der Waals surface area contributed by atoms with Crippen LogP contribution in [0.1, 0.15) is 38.7 Å². The van der Waals surface area contributed by atoms with Crippen LogP contribution in [0.4, 0.5) is 4.39 Å². The second kappa shape index (κ2) is 7.72. The highest BCUT2D eigenvalue weighted by Gasteiger charge is 2.08. The second-order valence-electron chi connectivity index (χ2n) is 4.99. The van der Waals surface area contributed by atoms with Gasteiger partial charge in [0, 0.05) is 17.3 Å². The molecule has 2 aromatic rings. The quantitative estimate of drug-likeness (QED) is 0.708. The van der Waals surface area contributed by atoms with E-state index in [-0.39, 0.29) is 0 Å². The van der Waals surface area contributed by atoms with E-state index < -0.39 is 5.95 Å². The number of hydrogen-bond donors (Lipinski definition) is 0. The van der Waals surface area contributed by atoms with Crippen LogP contribution in [0.2, 0.25) is 0 Å². The number of ether oxygens (including phenoxy) is 1. The van der Waals surface area contributed by atoms with E-state index in [0.717, 1.165) is 30.6 Å². The summed E-state index contributed by atoms with van der Waals surface area (Å²) in [4.78, 5) is 8.23. The van der Waals surface area contributed by atoms with Gasteiger partial charge in [-0.25, -0.2) is 4.98 Å². The monoisotopic (exact) mass is 288 g/mol. The van der Waals surface area contributed by atoms with Gasteiger partial charge in [0.25, 0.3) is 0 Å². The number of benzene rings is 1. The molecule has 0 fully saturated rings. The van der Waals surface area contributed by atoms with Crippen molar-refractivity contribution in [1.82, 2.24) is 9.97 Å². The molecule has 0 aliphatic rings. The van der Waals surface area contributed by atoms with Gasteiger partial charge in [0.1, 0.15) is 5.75 Å². The second-order valence-corrected chi connectivity index (χ2v) is 4.99. The van der Waals surface area contributed by atoms with Crippen LogP contribution in [0.15, 0.2) is 30.5 Å². The number of rotatable bonds is 7. The maximum atomic E-state index is 13.9. The molecule has 4 heteroatoms. The summed E-state index contributed by atoms with van der Waals surface area (Å²) < 4.78 is 19.4. The average Bonchev–Trinajstić information content (AvgIpc) is 2.52. The lowest BCUT2D eigenvalue weighted by atomic mass is 10.1. The van der Waals surface area contributed by atoms with Crippen LogP contribution in [-0.4, -0.2) is 16.6 Å². The van der Waals surface area contributed by atoms with Gasteiger partial charge in [-0.15, -0.1) is 0 Å². The zero-order valence-electron chi connectivity index (χ0n) is 12.6. The number of unbranched alkanes of at least 4 members (excludes halogenated alkanes) is 1.